The summed E-state index contributed by atoms with van der Waals surface area (Å²) in [6.07, 6.45) is -3.41. The predicted molar refractivity (Wildman–Crippen MR) is 118 cm³/mol. The van der Waals surface area contributed by atoms with Crippen LogP contribution in [0.3, 0.4) is 0 Å². The molecule has 1 heterocycles. The number of hydrogen-bond donors (Lipinski definition) is 4. The molecule has 0 aliphatic rings. The van der Waals surface area contributed by atoms with Gasteiger partial charge in [0.15, 0.2) is 0 Å². The number of aryl methyl sites for hydroxylation is 1. The highest BCUT2D eigenvalue weighted by Gasteiger charge is 2.38. The molecule has 0 bridgehead atoms. The van der Waals surface area contributed by atoms with Gasteiger partial charge in [0.25, 0.3) is 0 Å². The summed E-state index contributed by atoms with van der Waals surface area (Å²) in [5.74, 6) is -4.41. The zero-order valence-electron chi connectivity index (χ0n) is 18.6. The second-order valence-corrected chi connectivity index (χ2v) is 6.85. The van der Waals surface area contributed by atoms with Gasteiger partial charge in [-0.15, -0.1) is 6.58 Å². The zero-order valence-corrected chi connectivity index (χ0v) is 18.6. The van der Waals surface area contributed by atoms with Crippen molar-refractivity contribution in [1.29, 1.82) is 5.41 Å². The number of halogens is 3. The number of benzene rings is 1. The minimum atomic E-state index is -5.08. The number of ether oxygens (including phenoxy) is 1. The topological polar surface area (TPSA) is 184 Å². The lowest BCUT2D eigenvalue weighted by Gasteiger charge is -2.18. The largest absolute Gasteiger partial charge is 0.490 e. The molecule has 2 aromatic rings. The second kappa shape index (κ2) is 13.3. The Labute approximate surface area is 202 Å². The van der Waals surface area contributed by atoms with Crippen molar-refractivity contribution in [1.82, 2.24) is 4.90 Å². The molecular formula is C22H22F3N3O8. The summed E-state index contributed by atoms with van der Waals surface area (Å²) in [5, 5.41) is 23.3. The van der Waals surface area contributed by atoms with Crippen molar-refractivity contribution < 1.29 is 51.7 Å². The van der Waals surface area contributed by atoms with Gasteiger partial charge < -0.3 is 30.0 Å². The molecule has 5 N–H and O–H groups in total. The first-order valence-corrected chi connectivity index (χ1v) is 9.90. The highest BCUT2D eigenvalue weighted by Crippen LogP contribution is 2.17. The summed E-state index contributed by atoms with van der Waals surface area (Å²) >= 11 is 0. The van der Waals surface area contributed by atoms with E-state index in [1.807, 2.05) is 0 Å². The number of amides is 1. The number of nitrogen functional groups attached to an aromatic ring is 1. The van der Waals surface area contributed by atoms with E-state index in [1.165, 1.54) is 24.3 Å². The van der Waals surface area contributed by atoms with Gasteiger partial charge in [0.05, 0.1) is 0 Å². The number of furan rings is 1. The fourth-order valence-electron chi connectivity index (χ4n) is 2.44. The second-order valence-electron chi connectivity index (χ2n) is 6.85. The summed E-state index contributed by atoms with van der Waals surface area (Å²) in [6, 6.07) is 9.11. The number of carbonyl (C=O) groups excluding carboxylic acids is 2. The molecule has 0 radical (unpaired) electrons. The minimum absolute atomic E-state index is 0.0234. The monoisotopic (exact) mass is 513 g/mol. The lowest BCUT2D eigenvalue weighted by molar-refractivity contribution is -0.192. The van der Waals surface area contributed by atoms with E-state index in [-0.39, 0.29) is 42.6 Å². The van der Waals surface area contributed by atoms with E-state index in [0.29, 0.717) is 11.3 Å². The number of rotatable bonds is 10. The third kappa shape index (κ3) is 10.1. The van der Waals surface area contributed by atoms with Crippen LogP contribution in [-0.2, 0) is 20.8 Å². The van der Waals surface area contributed by atoms with Crippen LogP contribution in [0, 0.1) is 5.41 Å². The average molecular weight is 513 g/mol. The lowest BCUT2D eigenvalue weighted by Crippen LogP contribution is -2.35. The van der Waals surface area contributed by atoms with E-state index in [4.69, 9.17) is 35.3 Å². The van der Waals surface area contributed by atoms with Crippen LogP contribution < -0.4 is 10.5 Å². The summed E-state index contributed by atoms with van der Waals surface area (Å²) in [7, 11) is 0. The molecule has 194 valence electrons. The number of esters is 1. The van der Waals surface area contributed by atoms with Crippen molar-refractivity contribution in [3.05, 3.63) is 66.1 Å². The van der Waals surface area contributed by atoms with Crippen LogP contribution in [0.1, 0.15) is 28.3 Å². The Kier molecular flexibility index (Phi) is 10.9. The predicted octanol–water partition coefficient (Wildman–Crippen LogP) is 2.45. The normalized spacial score (nSPS) is 10.4. The minimum Gasteiger partial charge on any atom is -0.480 e. The summed E-state index contributed by atoms with van der Waals surface area (Å²) in [6.45, 7) is 3.22. The molecule has 0 unspecified atom stereocenters. The molecule has 11 nitrogen and oxygen atoms in total. The van der Waals surface area contributed by atoms with Crippen molar-refractivity contribution in [2.75, 3.05) is 13.1 Å². The number of hydrogen-bond acceptors (Lipinski definition) is 7. The van der Waals surface area contributed by atoms with E-state index in [1.54, 1.807) is 18.2 Å². The van der Waals surface area contributed by atoms with Crippen LogP contribution in [0.5, 0.6) is 5.75 Å². The van der Waals surface area contributed by atoms with Crippen LogP contribution in [0.25, 0.3) is 0 Å². The van der Waals surface area contributed by atoms with Gasteiger partial charge in [0, 0.05) is 24.9 Å². The van der Waals surface area contributed by atoms with E-state index in [0.717, 1.165) is 4.90 Å². The number of aliphatic carboxylic acids is 2. The number of carbonyl (C=O) groups is 4. The summed E-state index contributed by atoms with van der Waals surface area (Å²) in [4.78, 5) is 45.2. The maximum atomic E-state index is 12.2. The molecule has 1 amide bonds. The number of nitrogens with zero attached hydrogens (tertiary/aromatic N) is 1. The average Bonchev–Trinajstić information content (AvgIpc) is 3.26. The van der Waals surface area contributed by atoms with Gasteiger partial charge in [-0.1, -0.05) is 6.08 Å². The Balaban J connectivity index is 0.000000809. The van der Waals surface area contributed by atoms with Gasteiger partial charge in [-0.3, -0.25) is 15.0 Å². The van der Waals surface area contributed by atoms with E-state index >= 15 is 0 Å². The van der Waals surface area contributed by atoms with Gasteiger partial charge >= 0.3 is 24.1 Å². The third-order valence-electron chi connectivity index (χ3n) is 4.09. The molecule has 0 aliphatic carbocycles. The van der Waals surface area contributed by atoms with E-state index in [9.17, 15) is 27.6 Å². The molecule has 14 heteroatoms. The SMILES string of the molecule is C=CCN(CC(=O)O)C(=O)CCc1ccc(C(=O)Oc2ccc(C(=N)N)cc2)o1.O=C(O)C(F)(F)F. The van der Waals surface area contributed by atoms with Crippen molar-refractivity contribution in [3.8, 4) is 5.75 Å². The van der Waals surface area contributed by atoms with E-state index in [2.05, 4.69) is 6.58 Å². The summed E-state index contributed by atoms with van der Waals surface area (Å²) < 4.78 is 42.3. The lowest BCUT2D eigenvalue weighted by atomic mass is 10.2. The quantitative estimate of drug-likeness (QED) is 0.122. The molecule has 1 aromatic heterocycles. The van der Waals surface area contributed by atoms with Crippen LogP contribution in [0.15, 0.2) is 53.5 Å². The van der Waals surface area contributed by atoms with Gasteiger partial charge in [-0.25, -0.2) is 9.59 Å². The van der Waals surface area contributed by atoms with Crippen LogP contribution in [0.4, 0.5) is 13.2 Å². The Morgan fingerprint density at radius 3 is 2.17 bits per heavy atom. The van der Waals surface area contributed by atoms with Gasteiger partial charge in [0.1, 0.15) is 23.9 Å². The first-order chi connectivity index (χ1) is 16.7. The van der Waals surface area contributed by atoms with Crippen molar-refractivity contribution in [3.63, 3.8) is 0 Å². The Morgan fingerprint density at radius 2 is 1.69 bits per heavy atom. The fraction of sp³-hybridized carbons (Fsp3) is 0.227. The van der Waals surface area contributed by atoms with Crippen molar-refractivity contribution >= 4 is 29.7 Å². The molecule has 1 aromatic carbocycles. The number of carboxylic acids is 2. The maximum absolute atomic E-state index is 12.2. The molecule has 2 rings (SSSR count). The van der Waals surface area contributed by atoms with Crippen LogP contribution in [-0.4, -0.2) is 64.0 Å². The maximum Gasteiger partial charge on any atom is 0.490 e. The number of alkyl halides is 3. The zero-order chi connectivity index (χ0) is 27.5. The highest BCUT2D eigenvalue weighted by molar-refractivity contribution is 5.95. The highest BCUT2D eigenvalue weighted by atomic mass is 19.4. The van der Waals surface area contributed by atoms with Crippen LogP contribution in [0.2, 0.25) is 0 Å². The molecule has 0 fully saturated rings. The number of nitrogens with two attached hydrogens (primary N) is 1. The number of nitrogens with one attached hydrogen (secondary N) is 1. The fourth-order valence-corrected chi connectivity index (χ4v) is 2.44. The van der Waals surface area contributed by atoms with Crippen molar-refractivity contribution in [2.24, 2.45) is 5.73 Å². The first kappa shape index (κ1) is 29.4. The molecule has 0 spiro atoms. The van der Waals surface area contributed by atoms with Crippen molar-refractivity contribution in [2.45, 2.75) is 19.0 Å². The van der Waals surface area contributed by atoms with Crippen LogP contribution >= 0.6 is 0 Å². The van der Waals surface area contributed by atoms with Gasteiger partial charge in [-0.2, -0.15) is 13.2 Å². The van der Waals surface area contributed by atoms with E-state index < -0.39 is 30.6 Å². The third-order valence-corrected chi connectivity index (χ3v) is 4.09. The molecule has 36 heavy (non-hydrogen) atoms. The number of carboxylic acid groups (broad SMARTS) is 2. The standard InChI is InChI=1S/C20H21N3O6.C2HF3O2/c1-2-11-23(12-18(25)26)17(24)10-8-14-7-9-16(28-14)20(27)29-15-5-3-13(4-6-15)19(21)22;3-2(4,5)1(6)7/h2-7,9H,1,8,10-12H2,(H3,21,22)(H,25,26);(H,6,7). The summed E-state index contributed by atoms with van der Waals surface area (Å²) in [5.41, 5.74) is 5.87. The molecule has 0 atom stereocenters. The molecule has 0 aliphatic heterocycles. The molecule has 0 saturated carbocycles. The van der Waals surface area contributed by atoms with Gasteiger partial charge in [0.2, 0.25) is 11.7 Å². The Morgan fingerprint density at radius 1 is 1.11 bits per heavy atom. The Bertz CT molecular complexity index is 1110. The Hall–Kier alpha value is -4.62. The smallest absolute Gasteiger partial charge is 0.480 e. The molecular weight excluding hydrogens is 491 g/mol. The number of amidine groups is 1. The molecule has 0 saturated heterocycles. The van der Waals surface area contributed by atoms with Gasteiger partial charge in [-0.05, 0) is 36.4 Å². The first-order valence-electron chi connectivity index (χ1n) is 9.90.